The van der Waals surface area contributed by atoms with Gasteiger partial charge in [0.2, 0.25) is 0 Å². The van der Waals surface area contributed by atoms with E-state index in [9.17, 15) is 23.6 Å². The van der Waals surface area contributed by atoms with Crippen LogP contribution in [0, 0.1) is 5.82 Å². The van der Waals surface area contributed by atoms with Gasteiger partial charge in [-0.1, -0.05) is 18.2 Å². The summed E-state index contributed by atoms with van der Waals surface area (Å²) in [6.45, 7) is -0.302. The highest BCUT2D eigenvalue weighted by Gasteiger charge is 2.37. The van der Waals surface area contributed by atoms with Gasteiger partial charge in [0.1, 0.15) is 17.9 Å². The van der Waals surface area contributed by atoms with Gasteiger partial charge in [-0.2, -0.15) is 0 Å². The second-order valence-electron chi connectivity index (χ2n) is 6.56. The van der Waals surface area contributed by atoms with Crippen LogP contribution in [-0.4, -0.2) is 33.5 Å². The summed E-state index contributed by atoms with van der Waals surface area (Å²) in [5, 5.41) is 11.9. The van der Waals surface area contributed by atoms with E-state index in [0.717, 1.165) is 17.0 Å². The average molecular weight is 407 g/mol. The number of amides is 4. The number of benzene rings is 2. The second kappa shape index (κ2) is 7.28. The van der Waals surface area contributed by atoms with Crippen LogP contribution in [0.25, 0.3) is 17.0 Å². The molecule has 0 aliphatic carbocycles. The van der Waals surface area contributed by atoms with E-state index in [-0.39, 0.29) is 17.8 Å². The molecule has 150 valence electrons. The van der Waals surface area contributed by atoms with Crippen LogP contribution in [-0.2, 0) is 20.9 Å². The van der Waals surface area contributed by atoms with Crippen LogP contribution in [0.2, 0.25) is 0 Å². The lowest BCUT2D eigenvalue weighted by Gasteiger charge is -2.26. The lowest BCUT2D eigenvalue weighted by atomic mass is 10.1. The van der Waals surface area contributed by atoms with E-state index in [1.54, 1.807) is 24.3 Å². The number of aromatic nitrogens is 1. The Morgan fingerprint density at radius 2 is 1.77 bits per heavy atom. The highest BCUT2D eigenvalue weighted by Crippen LogP contribution is 2.26. The maximum Gasteiger partial charge on any atom is 0.335 e. The van der Waals surface area contributed by atoms with Gasteiger partial charge in [0.05, 0.1) is 5.69 Å². The SMILES string of the molecule is O=C(O)Cn1cc(/C=C2\C(=O)NC(=O)N(c3ccc(F)cc3)C2=O)c2ccccc21. The smallest absolute Gasteiger partial charge is 0.335 e. The Morgan fingerprint density at radius 3 is 2.47 bits per heavy atom. The van der Waals surface area contributed by atoms with Gasteiger partial charge in [-0.3, -0.25) is 19.7 Å². The van der Waals surface area contributed by atoms with Crippen molar-refractivity contribution in [3.05, 3.63) is 71.7 Å². The quantitative estimate of drug-likeness (QED) is 0.510. The first-order valence-electron chi connectivity index (χ1n) is 8.82. The Kier molecular flexibility index (Phi) is 4.63. The summed E-state index contributed by atoms with van der Waals surface area (Å²) in [6.07, 6.45) is 2.83. The van der Waals surface area contributed by atoms with Crippen LogP contribution in [0.15, 0.2) is 60.3 Å². The van der Waals surface area contributed by atoms with E-state index in [0.29, 0.717) is 16.5 Å². The molecule has 0 radical (unpaired) electrons. The molecule has 0 bridgehead atoms. The van der Waals surface area contributed by atoms with Gasteiger partial charge in [-0.15, -0.1) is 0 Å². The van der Waals surface area contributed by atoms with Crippen LogP contribution in [0.1, 0.15) is 5.56 Å². The molecular weight excluding hydrogens is 393 g/mol. The molecule has 30 heavy (non-hydrogen) atoms. The van der Waals surface area contributed by atoms with Crippen LogP contribution in [0.5, 0.6) is 0 Å². The predicted octanol–water partition coefficient (Wildman–Crippen LogP) is 2.53. The zero-order chi connectivity index (χ0) is 21.4. The first-order valence-corrected chi connectivity index (χ1v) is 8.82. The fourth-order valence-electron chi connectivity index (χ4n) is 3.30. The Bertz CT molecular complexity index is 1240. The number of hydrogen-bond donors (Lipinski definition) is 2. The van der Waals surface area contributed by atoms with E-state index in [4.69, 9.17) is 5.11 Å². The first-order chi connectivity index (χ1) is 14.3. The first kappa shape index (κ1) is 19.1. The number of anilines is 1. The molecule has 1 aliphatic rings. The number of imide groups is 2. The van der Waals surface area contributed by atoms with Crippen molar-refractivity contribution in [1.29, 1.82) is 0 Å². The van der Waals surface area contributed by atoms with Gasteiger partial charge in [-0.05, 0) is 36.4 Å². The molecule has 0 saturated carbocycles. The fourth-order valence-corrected chi connectivity index (χ4v) is 3.30. The topological polar surface area (TPSA) is 109 Å². The average Bonchev–Trinajstić information content (AvgIpc) is 3.03. The Labute approximate surface area is 168 Å². The molecule has 8 nitrogen and oxygen atoms in total. The normalized spacial score (nSPS) is 15.7. The predicted molar refractivity (Wildman–Crippen MR) is 105 cm³/mol. The number of halogens is 1. The summed E-state index contributed by atoms with van der Waals surface area (Å²) < 4.78 is 14.7. The van der Waals surface area contributed by atoms with Crippen LogP contribution in [0.4, 0.5) is 14.9 Å². The number of carbonyl (C=O) groups is 4. The van der Waals surface area contributed by atoms with E-state index in [1.165, 1.54) is 29.0 Å². The molecule has 2 aromatic carbocycles. The summed E-state index contributed by atoms with van der Waals surface area (Å²) in [6, 6.07) is 10.7. The maximum atomic E-state index is 13.2. The number of rotatable bonds is 4. The maximum absolute atomic E-state index is 13.2. The van der Waals surface area contributed by atoms with Crippen LogP contribution in [0.3, 0.4) is 0 Å². The molecular formula is C21H14FN3O5. The third-order valence-corrected chi connectivity index (χ3v) is 4.61. The summed E-state index contributed by atoms with van der Waals surface area (Å²) >= 11 is 0. The minimum Gasteiger partial charge on any atom is -0.480 e. The number of carboxylic acids is 1. The Morgan fingerprint density at radius 1 is 1.07 bits per heavy atom. The van der Waals surface area contributed by atoms with Crippen molar-refractivity contribution in [2.45, 2.75) is 6.54 Å². The molecule has 0 spiro atoms. The van der Waals surface area contributed by atoms with Gasteiger partial charge in [0, 0.05) is 22.7 Å². The number of aliphatic carboxylic acids is 1. The van der Waals surface area contributed by atoms with Gasteiger partial charge >= 0.3 is 12.0 Å². The molecule has 9 heteroatoms. The lowest BCUT2D eigenvalue weighted by molar-refractivity contribution is -0.137. The van der Waals surface area contributed by atoms with Crippen LogP contribution < -0.4 is 10.2 Å². The number of carboxylic acid groups (broad SMARTS) is 1. The zero-order valence-electron chi connectivity index (χ0n) is 15.3. The van der Waals surface area contributed by atoms with Crippen molar-refractivity contribution in [3.8, 4) is 0 Å². The monoisotopic (exact) mass is 407 g/mol. The van der Waals surface area contributed by atoms with E-state index < -0.39 is 29.6 Å². The Balaban J connectivity index is 1.80. The lowest BCUT2D eigenvalue weighted by Crippen LogP contribution is -2.54. The van der Waals surface area contributed by atoms with Crippen molar-refractivity contribution in [3.63, 3.8) is 0 Å². The third kappa shape index (κ3) is 3.32. The summed E-state index contributed by atoms with van der Waals surface area (Å²) in [5.74, 6) is -3.33. The molecule has 2 N–H and O–H groups in total. The molecule has 1 fully saturated rings. The standard InChI is InChI=1S/C21H14FN3O5/c22-13-5-7-14(8-6-13)25-20(29)16(19(28)23-21(25)30)9-12-10-24(11-18(26)27)17-4-2-1-3-15(12)17/h1-10H,11H2,(H,26,27)(H,23,28,30)/b16-9+. The van der Waals surface area contributed by atoms with Gasteiger partial charge in [0.15, 0.2) is 0 Å². The number of para-hydroxylation sites is 1. The summed E-state index contributed by atoms with van der Waals surface area (Å²) in [7, 11) is 0. The molecule has 1 aromatic heterocycles. The molecule has 1 aliphatic heterocycles. The summed E-state index contributed by atoms with van der Waals surface area (Å²) in [4.78, 5) is 49.4. The molecule has 3 aromatic rings. The van der Waals surface area contributed by atoms with Crippen molar-refractivity contribution < 1.29 is 28.7 Å². The highest BCUT2D eigenvalue weighted by molar-refractivity contribution is 6.39. The zero-order valence-corrected chi connectivity index (χ0v) is 15.3. The van der Waals surface area contributed by atoms with Crippen molar-refractivity contribution in [1.82, 2.24) is 9.88 Å². The van der Waals surface area contributed by atoms with E-state index in [2.05, 4.69) is 5.32 Å². The molecule has 1 saturated heterocycles. The minimum atomic E-state index is -1.05. The molecule has 2 heterocycles. The molecule has 4 amide bonds. The van der Waals surface area contributed by atoms with Crippen LogP contribution >= 0.6 is 0 Å². The number of nitrogens with zero attached hydrogens (tertiary/aromatic N) is 2. The summed E-state index contributed by atoms with van der Waals surface area (Å²) in [5.41, 5.74) is 0.850. The highest BCUT2D eigenvalue weighted by atomic mass is 19.1. The number of hydrogen-bond acceptors (Lipinski definition) is 4. The number of urea groups is 1. The van der Waals surface area contributed by atoms with Gasteiger partial charge in [-0.25, -0.2) is 14.1 Å². The van der Waals surface area contributed by atoms with E-state index >= 15 is 0 Å². The largest absolute Gasteiger partial charge is 0.480 e. The molecule has 0 unspecified atom stereocenters. The molecule has 4 rings (SSSR count). The number of nitrogens with one attached hydrogen (secondary N) is 1. The number of fused-ring (bicyclic) bond motifs is 1. The van der Waals surface area contributed by atoms with Gasteiger partial charge < -0.3 is 9.67 Å². The van der Waals surface area contributed by atoms with Crippen molar-refractivity contribution in [2.24, 2.45) is 0 Å². The van der Waals surface area contributed by atoms with Crippen molar-refractivity contribution >= 4 is 46.5 Å². The molecule has 0 atom stereocenters. The number of carbonyl (C=O) groups excluding carboxylic acids is 3. The van der Waals surface area contributed by atoms with Crippen molar-refractivity contribution in [2.75, 3.05) is 4.90 Å². The van der Waals surface area contributed by atoms with E-state index in [1.807, 2.05) is 0 Å². The fraction of sp³-hybridized carbons (Fsp3) is 0.0476. The third-order valence-electron chi connectivity index (χ3n) is 4.61. The minimum absolute atomic E-state index is 0.102. The second-order valence-corrected chi connectivity index (χ2v) is 6.56. The van der Waals surface area contributed by atoms with Gasteiger partial charge in [0.25, 0.3) is 11.8 Å². The Hall–Kier alpha value is -4.27. The number of barbiturate groups is 1.